The summed E-state index contributed by atoms with van der Waals surface area (Å²) in [6.45, 7) is 0.853. The molecule has 78 valence electrons. The molecular formula is C10H10N2O2S. The second-order valence-corrected chi connectivity index (χ2v) is 3.91. The average Bonchev–Trinajstić information content (AvgIpc) is 2.87. The van der Waals surface area contributed by atoms with Crippen molar-refractivity contribution >= 4 is 17.8 Å². The van der Waals surface area contributed by atoms with Crippen LogP contribution in [0.15, 0.2) is 23.7 Å². The van der Waals surface area contributed by atoms with Gasteiger partial charge in [-0.15, -0.1) is 11.3 Å². The van der Waals surface area contributed by atoms with Crippen LogP contribution < -0.4 is 0 Å². The van der Waals surface area contributed by atoms with Crippen LogP contribution in [0.5, 0.6) is 0 Å². The van der Waals surface area contributed by atoms with Crippen LogP contribution in [-0.4, -0.2) is 23.3 Å². The SMILES string of the molecule is O=COCCc1cn[nH]c1-c1cccs1. The summed E-state index contributed by atoms with van der Waals surface area (Å²) in [5.74, 6) is 0. The Morgan fingerprint density at radius 3 is 3.27 bits per heavy atom. The van der Waals surface area contributed by atoms with Crippen molar-refractivity contribution in [1.82, 2.24) is 10.2 Å². The van der Waals surface area contributed by atoms with Crippen molar-refractivity contribution in [3.8, 4) is 10.6 Å². The summed E-state index contributed by atoms with van der Waals surface area (Å²) < 4.78 is 4.66. The van der Waals surface area contributed by atoms with E-state index in [9.17, 15) is 4.79 Å². The third-order valence-electron chi connectivity index (χ3n) is 2.04. The Kier molecular flexibility index (Phi) is 3.14. The first-order chi connectivity index (χ1) is 7.42. The zero-order valence-electron chi connectivity index (χ0n) is 7.97. The summed E-state index contributed by atoms with van der Waals surface area (Å²) in [5.41, 5.74) is 2.08. The van der Waals surface area contributed by atoms with Crippen LogP contribution >= 0.6 is 11.3 Å². The number of hydrogen-bond donors (Lipinski definition) is 1. The maximum absolute atomic E-state index is 10.0. The molecule has 0 atom stereocenters. The Hall–Kier alpha value is -1.62. The van der Waals surface area contributed by atoms with E-state index in [1.807, 2.05) is 17.5 Å². The van der Waals surface area contributed by atoms with Crippen LogP contribution in [-0.2, 0) is 16.0 Å². The van der Waals surface area contributed by atoms with Crippen LogP contribution in [0.1, 0.15) is 5.56 Å². The minimum Gasteiger partial charge on any atom is -0.468 e. The molecule has 2 aromatic heterocycles. The topological polar surface area (TPSA) is 55.0 Å². The number of carbonyl (C=O) groups is 1. The standard InChI is InChI=1S/C10H10N2O2S/c13-7-14-4-3-8-6-11-12-10(8)9-2-1-5-15-9/h1-2,5-7H,3-4H2,(H,11,12). The van der Waals surface area contributed by atoms with Gasteiger partial charge in [0.2, 0.25) is 0 Å². The molecule has 0 radical (unpaired) electrons. The van der Waals surface area contributed by atoms with E-state index in [4.69, 9.17) is 0 Å². The maximum Gasteiger partial charge on any atom is 0.293 e. The third-order valence-corrected chi connectivity index (χ3v) is 2.93. The summed E-state index contributed by atoms with van der Waals surface area (Å²) in [5, 5.41) is 8.96. The number of aromatic amines is 1. The molecule has 1 N–H and O–H groups in total. The monoisotopic (exact) mass is 222 g/mol. The van der Waals surface area contributed by atoms with Gasteiger partial charge in [0.05, 0.1) is 23.4 Å². The van der Waals surface area contributed by atoms with Gasteiger partial charge >= 0.3 is 0 Å². The zero-order chi connectivity index (χ0) is 10.5. The number of nitrogens with zero attached hydrogens (tertiary/aromatic N) is 1. The molecule has 0 aliphatic carbocycles. The molecule has 0 saturated carbocycles. The van der Waals surface area contributed by atoms with Gasteiger partial charge in [-0.3, -0.25) is 9.89 Å². The molecule has 0 fully saturated rings. The van der Waals surface area contributed by atoms with Crippen molar-refractivity contribution in [3.63, 3.8) is 0 Å². The summed E-state index contributed by atoms with van der Waals surface area (Å²) in [4.78, 5) is 11.2. The fourth-order valence-electron chi connectivity index (χ4n) is 1.35. The molecule has 2 rings (SSSR count). The van der Waals surface area contributed by atoms with Crippen molar-refractivity contribution in [1.29, 1.82) is 0 Å². The van der Waals surface area contributed by atoms with Gasteiger partial charge in [0.25, 0.3) is 6.47 Å². The molecule has 0 unspecified atom stereocenters. The molecule has 0 bridgehead atoms. The van der Waals surface area contributed by atoms with Crippen LogP contribution in [0.2, 0.25) is 0 Å². The molecular weight excluding hydrogens is 212 g/mol. The lowest BCUT2D eigenvalue weighted by Gasteiger charge is -1.99. The highest BCUT2D eigenvalue weighted by atomic mass is 32.1. The molecule has 0 amide bonds. The van der Waals surface area contributed by atoms with E-state index in [0.29, 0.717) is 19.5 Å². The molecule has 15 heavy (non-hydrogen) atoms. The summed E-state index contributed by atoms with van der Waals surface area (Å²) >= 11 is 1.65. The second kappa shape index (κ2) is 4.75. The second-order valence-electron chi connectivity index (χ2n) is 2.96. The Labute approximate surface area is 90.9 Å². The highest BCUT2D eigenvalue weighted by Crippen LogP contribution is 2.25. The first-order valence-electron chi connectivity index (χ1n) is 4.53. The number of rotatable bonds is 5. The maximum atomic E-state index is 10.0. The molecule has 5 heteroatoms. The predicted octanol–water partition coefficient (Wildman–Crippen LogP) is 1.85. The first kappa shape index (κ1) is 9.92. The van der Waals surface area contributed by atoms with E-state index in [1.165, 1.54) is 0 Å². The van der Waals surface area contributed by atoms with E-state index < -0.39 is 0 Å². The number of H-pyrrole nitrogens is 1. The van der Waals surface area contributed by atoms with Gasteiger partial charge in [0, 0.05) is 12.0 Å². The minimum atomic E-state index is 0.390. The van der Waals surface area contributed by atoms with Crippen LogP contribution in [0, 0.1) is 0 Å². The average molecular weight is 222 g/mol. The summed E-state index contributed by atoms with van der Waals surface area (Å²) in [7, 11) is 0. The van der Waals surface area contributed by atoms with Gasteiger partial charge < -0.3 is 4.74 Å². The van der Waals surface area contributed by atoms with Crippen molar-refractivity contribution in [2.24, 2.45) is 0 Å². The largest absolute Gasteiger partial charge is 0.468 e. The third kappa shape index (κ3) is 2.24. The highest BCUT2D eigenvalue weighted by Gasteiger charge is 2.07. The lowest BCUT2D eigenvalue weighted by atomic mass is 10.2. The highest BCUT2D eigenvalue weighted by molar-refractivity contribution is 7.13. The molecule has 0 aromatic carbocycles. The molecule has 0 aliphatic rings. The van der Waals surface area contributed by atoms with Crippen molar-refractivity contribution < 1.29 is 9.53 Å². The summed E-state index contributed by atoms with van der Waals surface area (Å²) in [6.07, 6.45) is 2.45. The first-order valence-corrected chi connectivity index (χ1v) is 5.41. The quantitative estimate of drug-likeness (QED) is 0.620. The summed E-state index contributed by atoms with van der Waals surface area (Å²) in [6, 6.07) is 4.02. The van der Waals surface area contributed by atoms with Crippen LogP contribution in [0.25, 0.3) is 10.6 Å². The molecule has 0 aliphatic heterocycles. The molecule has 4 nitrogen and oxygen atoms in total. The van der Waals surface area contributed by atoms with E-state index in [1.54, 1.807) is 17.5 Å². The number of thiophene rings is 1. The van der Waals surface area contributed by atoms with Crippen LogP contribution in [0.3, 0.4) is 0 Å². The fourth-order valence-corrected chi connectivity index (χ4v) is 2.11. The fraction of sp³-hybridized carbons (Fsp3) is 0.200. The number of aromatic nitrogens is 2. The Morgan fingerprint density at radius 2 is 2.53 bits per heavy atom. The van der Waals surface area contributed by atoms with Crippen molar-refractivity contribution in [2.45, 2.75) is 6.42 Å². The predicted molar refractivity (Wildman–Crippen MR) is 57.6 cm³/mol. The Bertz CT molecular complexity index is 422. The van der Waals surface area contributed by atoms with Crippen molar-refractivity contribution in [3.05, 3.63) is 29.3 Å². The minimum absolute atomic E-state index is 0.390. The van der Waals surface area contributed by atoms with Crippen molar-refractivity contribution in [2.75, 3.05) is 6.61 Å². The van der Waals surface area contributed by atoms with Gasteiger partial charge in [-0.1, -0.05) is 6.07 Å². The van der Waals surface area contributed by atoms with Gasteiger partial charge in [-0.05, 0) is 11.4 Å². The normalized spacial score (nSPS) is 10.1. The van der Waals surface area contributed by atoms with Gasteiger partial charge in [0.15, 0.2) is 0 Å². The van der Waals surface area contributed by atoms with E-state index in [0.717, 1.165) is 16.1 Å². The Morgan fingerprint density at radius 1 is 1.60 bits per heavy atom. The van der Waals surface area contributed by atoms with E-state index >= 15 is 0 Å². The number of nitrogens with one attached hydrogen (secondary N) is 1. The molecule has 2 heterocycles. The van der Waals surface area contributed by atoms with Crippen LogP contribution in [0.4, 0.5) is 0 Å². The Balaban J connectivity index is 2.12. The smallest absolute Gasteiger partial charge is 0.293 e. The van der Waals surface area contributed by atoms with E-state index in [2.05, 4.69) is 14.9 Å². The van der Waals surface area contributed by atoms with Gasteiger partial charge in [-0.2, -0.15) is 5.10 Å². The molecule has 0 saturated heterocycles. The zero-order valence-corrected chi connectivity index (χ0v) is 8.79. The molecule has 0 spiro atoms. The lowest BCUT2D eigenvalue weighted by Crippen LogP contribution is -1.96. The number of ether oxygens (including phenoxy) is 1. The lowest BCUT2D eigenvalue weighted by molar-refractivity contribution is -0.128. The van der Waals surface area contributed by atoms with Gasteiger partial charge in [0.1, 0.15) is 0 Å². The number of carbonyl (C=O) groups excluding carboxylic acids is 1. The van der Waals surface area contributed by atoms with Gasteiger partial charge in [-0.25, -0.2) is 0 Å². The number of hydrogen-bond acceptors (Lipinski definition) is 4. The molecule has 2 aromatic rings. The van der Waals surface area contributed by atoms with E-state index in [-0.39, 0.29) is 0 Å².